The first-order chi connectivity index (χ1) is 57.1. The predicted octanol–water partition coefficient (Wildman–Crippen LogP) is 19.0. The van der Waals surface area contributed by atoms with Crippen LogP contribution >= 0.6 is 46.4 Å². The van der Waals surface area contributed by atoms with E-state index in [1.807, 2.05) is 164 Å². The minimum absolute atomic E-state index is 0.0271. The van der Waals surface area contributed by atoms with Crippen molar-refractivity contribution in [3.8, 4) is 48.0 Å². The highest BCUT2D eigenvalue weighted by Gasteiger charge is 2.26. The molecule has 27 heteroatoms. The number of hydrogen-bond donors (Lipinski definition) is 2. The number of H-pyrrole nitrogens is 2. The number of nitriles is 5. The first-order valence-electron chi connectivity index (χ1n) is 37.5. The highest BCUT2D eigenvalue weighted by atomic mass is 35.5. The summed E-state index contributed by atoms with van der Waals surface area (Å²) >= 11 is 23.0. The SMILES string of the molecule is CCc1c(C(=O)c2cc(C)cc(C#N)c2)[nH]c(=O)[nH]c1=O.CCc1c(Cl)nc(C)nc1OCc1ccccc1.CCc1c(Cl)nc(Cl)nc1Cl.CCc1c(OCc2ccccc2)nc(C)nc1C(=O)c1cc(C)cc(C#N)c1.CCc1c(OCc2ccccc2)nc(C)nc1C(C#N)c1cc(C)cc(C#N)c1.[C-]#[N+]Cc1cc(C)cc(C#N)c1. The second-order valence-corrected chi connectivity index (χ2v) is 28.0. The van der Waals surface area contributed by atoms with Crippen LogP contribution in [0.4, 0.5) is 0 Å². The van der Waals surface area contributed by atoms with Crippen molar-refractivity contribution < 1.29 is 23.8 Å². The van der Waals surface area contributed by atoms with Crippen molar-refractivity contribution in [3.05, 3.63) is 363 Å². The average molecular weight is 1670 g/mol. The van der Waals surface area contributed by atoms with Crippen LogP contribution in [0, 0.1) is 112 Å². The molecule has 0 saturated heterocycles. The van der Waals surface area contributed by atoms with E-state index < -0.39 is 23.0 Å². The zero-order valence-corrected chi connectivity index (χ0v) is 70.7. The number of carbonyl (C=O) groups is 2. The van der Waals surface area contributed by atoms with Crippen molar-refractivity contribution in [1.29, 1.82) is 26.3 Å². The smallest absolute Gasteiger partial charge is 0.326 e. The van der Waals surface area contributed by atoms with Crippen LogP contribution in [0.1, 0.15) is 196 Å². The lowest BCUT2D eigenvalue weighted by molar-refractivity contribution is 0.102. The molecule has 119 heavy (non-hydrogen) atoms. The van der Waals surface area contributed by atoms with Crippen LogP contribution in [0.3, 0.4) is 0 Å². The van der Waals surface area contributed by atoms with Gasteiger partial charge in [-0.3, -0.25) is 19.4 Å². The molecule has 0 amide bonds. The van der Waals surface area contributed by atoms with Crippen LogP contribution in [-0.2, 0) is 58.5 Å². The zero-order chi connectivity index (χ0) is 86.8. The monoisotopic (exact) mass is 1660 g/mol. The molecule has 0 fully saturated rings. The number of hydrogen-bond acceptors (Lipinski definition) is 20. The molecule has 0 aliphatic rings. The van der Waals surface area contributed by atoms with Crippen LogP contribution in [0.15, 0.2) is 173 Å². The van der Waals surface area contributed by atoms with Crippen LogP contribution in [0.2, 0.25) is 20.7 Å². The lowest BCUT2D eigenvalue weighted by Gasteiger charge is -2.18. The Morgan fingerprint density at radius 1 is 0.429 bits per heavy atom. The number of benzene rings is 7. The quantitative estimate of drug-likeness (QED) is 0.0292. The Labute approximate surface area is 711 Å². The number of nitrogens with one attached hydrogen (secondary N) is 2. The Morgan fingerprint density at radius 2 is 0.824 bits per heavy atom. The van der Waals surface area contributed by atoms with Gasteiger partial charge in [0, 0.05) is 38.9 Å². The van der Waals surface area contributed by atoms with E-state index in [1.165, 1.54) is 6.07 Å². The molecule has 0 spiro atoms. The summed E-state index contributed by atoms with van der Waals surface area (Å²) in [5.74, 6) is 1.85. The Bertz CT molecular complexity index is 5980. The second kappa shape index (κ2) is 46.2. The number of ether oxygens (including phenoxy) is 3. The lowest BCUT2D eigenvalue weighted by atomic mass is 9.91. The van der Waals surface area contributed by atoms with Crippen LogP contribution in [-0.4, -0.2) is 61.4 Å². The molecule has 12 aromatic rings. The van der Waals surface area contributed by atoms with E-state index in [2.05, 4.69) is 79.0 Å². The number of aryl methyl sites for hydroxylation is 7. The fourth-order valence-corrected chi connectivity index (χ4v) is 13.3. The Balaban J connectivity index is 0.000000203. The third-order valence-corrected chi connectivity index (χ3v) is 18.5. The summed E-state index contributed by atoms with van der Waals surface area (Å²) in [7, 11) is 0. The molecule has 7 aromatic carbocycles. The van der Waals surface area contributed by atoms with Crippen LogP contribution in [0.25, 0.3) is 4.85 Å². The number of aromatic amines is 2. The van der Waals surface area contributed by atoms with Gasteiger partial charge in [-0.1, -0.05) is 166 Å². The van der Waals surface area contributed by atoms with Gasteiger partial charge in [0.15, 0.2) is 0 Å². The van der Waals surface area contributed by atoms with E-state index >= 15 is 0 Å². The largest absolute Gasteiger partial charge is 0.473 e. The molecule has 0 aliphatic heterocycles. The van der Waals surface area contributed by atoms with Crippen molar-refractivity contribution in [2.75, 3.05) is 0 Å². The normalized spacial score (nSPS) is 10.4. The third kappa shape index (κ3) is 27.2. The van der Waals surface area contributed by atoms with E-state index in [0.29, 0.717) is 147 Å². The second-order valence-electron chi connectivity index (χ2n) is 26.6. The first kappa shape index (κ1) is 92.6. The molecule has 5 heterocycles. The molecule has 1 unspecified atom stereocenters. The number of carbonyl (C=O) groups excluding carboxylic acids is 2. The summed E-state index contributed by atoms with van der Waals surface area (Å²) in [5.41, 5.74) is 14.0. The van der Waals surface area contributed by atoms with Gasteiger partial charge in [0.1, 0.15) is 64.4 Å². The minimum Gasteiger partial charge on any atom is -0.473 e. The summed E-state index contributed by atoms with van der Waals surface area (Å²) in [6.45, 7) is 30.7. The van der Waals surface area contributed by atoms with Crippen LogP contribution < -0.4 is 25.5 Å². The molecule has 1 atom stereocenters. The van der Waals surface area contributed by atoms with Crippen molar-refractivity contribution in [3.63, 3.8) is 0 Å². The van der Waals surface area contributed by atoms with Gasteiger partial charge in [-0.2, -0.15) is 41.3 Å². The summed E-state index contributed by atoms with van der Waals surface area (Å²) in [4.78, 5) is 90.4. The maximum absolute atomic E-state index is 13.2. The van der Waals surface area contributed by atoms with Gasteiger partial charge in [-0.15, -0.1) is 0 Å². The summed E-state index contributed by atoms with van der Waals surface area (Å²) in [6.07, 6.45) is 2.96. The number of nitrogens with zero attached hydrogens (tertiary/aromatic N) is 14. The Morgan fingerprint density at radius 3 is 1.27 bits per heavy atom. The predicted molar refractivity (Wildman–Crippen MR) is 457 cm³/mol. The number of rotatable bonds is 21. The lowest BCUT2D eigenvalue weighted by Crippen LogP contribution is -2.30. The molecule has 0 bridgehead atoms. The van der Waals surface area contributed by atoms with Crippen molar-refractivity contribution in [2.24, 2.45) is 0 Å². The van der Waals surface area contributed by atoms with Gasteiger partial charge >= 0.3 is 5.69 Å². The van der Waals surface area contributed by atoms with Crippen molar-refractivity contribution in [1.82, 2.24) is 49.8 Å². The number of halogens is 4. The molecular formula is C92H84Cl4N16O7. The Hall–Kier alpha value is -13.6. The summed E-state index contributed by atoms with van der Waals surface area (Å²) < 4.78 is 17.7. The fraction of sp³-hybridized carbons (Fsp3) is 0.239. The molecule has 0 radical (unpaired) electrons. The van der Waals surface area contributed by atoms with Gasteiger partial charge in [0.05, 0.1) is 69.6 Å². The van der Waals surface area contributed by atoms with E-state index in [0.717, 1.165) is 73.2 Å². The molecule has 602 valence electrons. The number of aromatic nitrogens is 10. The molecular weight excluding hydrogens is 1580 g/mol. The van der Waals surface area contributed by atoms with E-state index in [4.69, 9.17) is 77.7 Å². The molecule has 23 nitrogen and oxygen atoms in total. The Kier molecular flexibility index (Phi) is 35.9. The summed E-state index contributed by atoms with van der Waals surface area (Å²) in [5, 5.41) is 47.3. The van der Waals surface area contributed by atoms with Crippen LogP contribution in [0.5, 0.6) is 17.6 Å². The number of ketones is 2. The standard InChI is InChI=1S/C24H22N4O.C23H21N3O2.C15H13N3O3.C14H15ClN2O.C10H8N2.C6H5Cl3N2/c1-4-21-23(22(14-26)20-11-16(2)10-19(12-20)13-25)27-17(3)28-24(21)29-15-18-8-6-5-7-9-18;1-4-20-21(22(27)19-11-15(2)10-18(12-19)13-24)25-16(3)26-23(20)28-14-17-8-6-5-7-9-17;1-3-11-12(17-15(21)18-14(11)20)13(19)10-5-8(2)4-9(6-10)7-16;1-3-12-13(15)16-10(2)17-14(12)18-9-11-7-5-4-6-8-11;1-8-3-9(6-11)5-10(4-8)7-12-2;1-2-3-4(7)10-6(9)11-5(3)8/h5-12,22H,4,15H2,1-3H3;5-12H,4,14H2,1-3H3;4-6H,3H2,1-2H3,(H2,17,18,20,21);4-8H,3,9H2,1-2H3;3-5H,7H2,1H3;2H2,1H3. The van der Waals surface area contributed by atoms with Gasteiger partial charge < -0.3 is 24.0 Å². The highest BCUT2D eigenvalue weighted by molar-refractivity contribution is 6.36. The maximum Gasteiger partial charge on any atom is 0.326 e. The highest BCUT2D eigenvalue weighted by Crippen LogP contribution is 2.33. The third-order valence-electron chi connectivity index (χ3n) is 17.4. The van der Waals surface area contributed by atoms with E-state index in [-0.39, 0.29) is 27.9 Å². The maximum atomic E-state index is 13.2. The van der Waals surface area contributed by atoms with Gasteiger partial charge in [0.2, 0.25) is 41.0 Å². The van der Waals surface area contributed by atoms with Gasteiger partial charge in [-0.25, -0.2) is 36.3 Å². The topological polar surface area (TPSA) is 354 Å². The molecule has 5 aromatic heterocycles. The first-order valence-corrected chi connectivity index (χ1v) is 39.0. The van der Waals surface area contributed by atoms with Gasteiger partial charge in [-0.05, 0) is 203 Å². The molecule has 0 saturated carbocycles. The molecule has 12 rings (SSSR count). The summed E-state index contributed by atoms with van der Waals surface area (Å²) in [6, 6.07) is 61.1. The molecule has 2 N–H and O–H groups in total. The van der Waals surface area contributed by atoms with E-state index in [9.17, 15) is 35.0 Å². The molecule has 0 aliphatic carbocycles. The van der Waals surface area contributed by atoms with Crippen molar-refractivity contribution >= 4 is 58.0 Å². The fourth-order valence-electron chi connectivity index (χ4n) is 12.0. The average Bonchev–Trinajstić information content (AvgIpc) is 0.805. The minimum atomic E-state index is -0.728. The van der Waals surface area contributed by atoms with Gasteiger partial charge in [0.25, 0.3) is 5.56 Å². The van der Waals surface area contributed by atoms with Crippen molar-refractivity contribution in [2.45, 2.75) is 147 Å². The zero-order valence-electron chi connectivity index (χ0n) is 67.7. The van der Waals surface area contributed by atoms with E-state index in [1.54, 1.807) is 83.1 Å².